The van der Waals surface area contributed by atoms with E-state index in [9.17, 15) is 4.79 Å². The van der Waals surface area contributed by atoms with Crippen molar-refractivity contribution in [2.24, 2.45) is 0 Å². The van der Waals surface area contributed by atoms with Crippen LogP contribution in [0.2, 0.25) is 0 Å². The molecule has 0 saturated carbocycles. The van der Waals surface area contributed by atoms with Crippen LogP contribution in [0, 0.1) is 13.8 Å². The molecule has 0 spiro atoms. The van der Waals surface area contributed by atoms with E-state index in [1.54, 1.807) is 6.07 Å². The summed E-state index contributed by atoms with van der Waals surface area (Å²) in [6.45, 7) is 4.07. The molecule has 0 aliphatic heterocycles. The molecule has 1 aromatic heterocycles. The average Bonchev–Trinajstić information content (AvgIpc) is 3.05. The van der Waals surface area contributed by atoms with Gasteiger partial charge in [-0.2, -0.15) is 0 Å². The second kappa shape index (κ2) is 8.33. The van der Waals surface area contributed by atoms with Crippen molar-refractivity contribution < 1.29 is 9.53 Å². The highest BCUT2D eigenvalue weighted by atomic mass is 79.9. The fourth-order valence-electron chi connectivity index (χ4n) is 2.26. The molecule has 2 aromatic carbocycles. The van der Waals surface area contributed by atoms with Crippen LogP contribution in [0.25, 0.3) is 11.3 Å². The number of aryl methyl sites for hydroxylation is 2. The number of amides is 1. The molecule has 1 N–H and O–H groups in total. The Labute approximate surface area is 172 Å². The van der Waals surface area contributed by atoms with E-state index in [4.69, 9.17) is 4.74 Å². The molecule has 4 nitrogen and oxygen atoms in total. The van der Waals surface area contributed by atoms with Gasteiger partial charge in [0.2, 0.25) is 0 Å². The molecular formula is C19H16Br2N2O2S. The van der Waals surface area contributed by atoms with Crippen LogP contribution in [-0.2, 0) is 4.79 Å². The van der Waals surface area contributed by atoms with Gasteiger partial charge in [0, 0.05) is 15.4 Å². The van der Waals surface area contributed by atoms with Crippen LogP contribution < -0.4 is 10.1 Å². The van der Waals surface area contributed by atoms with Crippen molar-refractivity contribution >= 4 is 54.2 Å². The largest absolute Gasteiger partial charge is 0.483 e. The van der Waals surface area contributed by atoms with E-state index in [0.29, 0.717) is 10.9 Å². The van der Waals surface area contributed by atoms with Gasteiger partial charge in [0.05, 0.1) is 10.2 Å². The van der Waals surface area contributed by atoms with Gasteiger partial charge in [-0.1, -0.05) is 28.1 Å². The highest BCUT2D eigenvalue weighted by molar-refractivity contribution is 9.11. The molecule has 26 heavy (non-hydrogen) atoms. The van der Waals surface area contributed by atoms with Crippen molar-refractivity contribution in [1.29, 1.82) is 0 Å². The SMILES string of the molecule is Cc1ccc(-c2csc(NC(=O)COc3ccc(Br)cc3Br)n2)cc1C. The molecule has 0 aliphatic carbocycles. The number of carbonyl (C=O) groups is 1. The molecule has 3 rings (SSSR count). The number of hydrogen-bond donors (Lipinski definition) is 1. The maximum atomic E-state index is 12.1. The number of halogens is 2. The highest BCUT2D eigenvalue weighted by Gasteiger charge is 2.10. The van der Waals surface area contributed by atoms with E-state index >= 15 is 0 Å². The Morgan fingerprint density at radius 2 is 1.96 bits per heavy atom. The smallest absolute Gasteiger partial charge is 0.264 e. The minimum Gasteiger partial charge on any atom is -0.483 e. The highest BCUT2D eigenvalue weighted by Crippen LogP contribution is 2.29. The molecule has 3 aromatic rings. The first-order valence-corrected chi connectivity index (χ1v) is 10.3. The maximum absolute atomic E-state index is 12.1. The molecule has 0 radical (unpaired) electrons. The van der Waals surface area contributed by atoms with Crippen LogP contribution in [0.1, 0.15) is 11.1 Å². The number of thiazole rings is 1. The molecule has 0 bridgehead atoms. The zero-order valence-electron chi connectivity index (χ0n) is 14.2. The standard InChI is InChI=1S/C19H16Br2N2O2S/c1-11-3-4-13(7-12(11)2)16-10-26-19(22-16)23-18(24)9-25-17-6-5-14(20)8-15(17)21/h3-8,10H,9H2,1-2H3,(H,22,23,24). The Kier molecular flexibility index (Phi) is 6.11. The van der Waals surface area contributed by atoms with Gasteiger partial charge in [-0.25, -0.2) is 4.98 Å². The summed E-state index contributed by atoms with van der Waals surface area (Å²) in [6.07, 6.45) is 0. The number of ether oxygens (including phenoxy) is 1. The van der Waals surface area contributed by atoms with Crippen molar-refractivity contribution in [2.75, 3.05) is 11.9 Å². The first-order chi connectivity index (χ1) is 12.4. The van der Waals surface area contributed by atoms with Crippen molar-refractivity contribution in [1.82, 2.24) is 4.98 Å². The second-order valence-corrected chi connectivity index (χ2v) is 8.38. The molecule has 0 unspecified atom stereocenters. The van der Waals surface area contributed by atoms with Gasteiger partial charge < -0.3 is 4.74 Å². The lowest BCUT2D eigenvalue weighted by molar-refractivity contribution is -0.118. The molecule has 1 heterocycles. The van der Waals surface area contributed by atoms with Gasteiger partial charge >= 0.3 is 0 Å². The lowest BCUT2D eigenvalue weighted by atomic mass is 10.1. The van der Waals surface area contributed by atoms with E-state index < -0.39 is 0 Å². The Bertz CT molecular complexity index is 956. The molecule has 0 saturated heterocycles. The predicted octanol–water partition coefficient (Wildman–Crippen LogP) is 5.97. The number of anilines is 1. The molecule has 0 atom stereocenters. The first-order valence-electron chi connectivity index (χ1n) is 7.83. The number of benzene rings is 2. The lowest BCUT2D eigenvalue weighted by Gasteiger charge is -2.08. The quantitative estimate of drug-likeness (QED) is 0.474. The van der Waals surface area contributed by atoms with Crippen molar-refractivity contribution in [3.8, 4) is 17.0 Å². The van der Waals surface area contributed by atoms with Crippen molar-refractivity contribution in [3.63, 3.8) is 0 Å². The Balaban J connectivity index is 1.61. The Morgan fingerprint density at radius 1 is 1.15 bits per heavy atom. The van der Waals surface area contributed by atoms with E-state index in [1.165, 1.54) is 22.5 Å². The summed E-state index contributed by atoms with van der Waals surface area (Å²) in [6, 6.07) is 11.7. The van der Waals surface area contributed by atoms with E-state index in [-0.39, 0.29) is 12.5 Å². The number of rotatable bonds is 5. The minimum atomic E-state index is -0.249. The Morgan fingerprint density at radius 3 is 2.69 bits per heavy atom. The van der Waals surface area contributed by atoms with Gasteiger partial charge in [0.1, 0.15) is 5.75 Å². The average molecular weight is 496 g/mol. The van der Waals surface area contributed by atoms with E-state index in [2.05, 4.69) is 68.1 Å². The number of nitrogens with zero attached hydrogens (tertiary/aromatic N) is 1. The predicted molar refractivity (Wildman–Crippen MR) is 113 cm³/mol. The summed E-state index contributed by atoms with van der Waals surface area (Å²) in [4.78, 5) is 16.6. The molecule has 7 heteroatoms. The van der Waals surface area contributed by atoms with Gasteiger partial charge in [-0.3, -0.25) is 10.1 Å². The first kappa shape index (κ1) is 19.1. The van der Waals surface area contributed by atoms with Crippen LogP contribution in [0.3, 0.4) is 0 Å². The number of carbonyl (C=O) groups excluding carboxylic acids is 1. The molecule has 134 valence electrons. The fraction of sp³-hybridized carbons (Fsp3) is 0.158. The summed E-state index contributed by atoms with van der Waals surface area (Å²) in [5, 5.41) is 5.27. The second-order valence-electron chi connectivity index (χ2n) is 5.75. The van der Waals surface area contributed by atoms with Crippen molar-refractivity contribution in [3.05, 3.63) is 61.9 Å². The Hall–Kier alpha value is -1.70. The number of nitrogens with one attached hydrogen (secondary N) is 1. The molecular weight excluding hydrogens is 480 g/mol. The molecule has 1 amide bonds. The van der Waals surface area contributed by atoms with Crippen LogP contribution in [0.4, 0.5) is 5.13 Å². The van der Waals surface area contributed by atoms with Gasteiger partial charge in [-0.15, -0.1) is 11.3 Å². The third-order valence-corrected chi connectivity index (χ3v) is 5.68. The fourth-order valence-corrected chi connectivity index (χ4v) is 4.15. The third kappa shape index (κ3) is 4.72. The van der Waals surface area contributed by atoms with E-state index in [1.807, 2.05) is 23.6 Å². The maximum Gasteiger partial charge on any atom is 0.264 e. The van der Waals surface area contributed by atoms with Crippen molar-refractivity contribution in [2.45, 2.75) is 13.8 Å². The minimum absolute atomic E-state index is 0.0845. The van der Waals surface area contributed by atoms with Gasteiger partial charge in [-0.05, 0) is 65.2 Å². The number of aromatic nitrogens is 1. The summed E-state index contributed by atoms with van der Waals surface area (Å²) in [5.41, 5.74) is 4.35. The zero-order valence-corrected chi connectivity index (χ0v) is 18.2. The van der Waals surface area contributed by atoms with Crippen LogP contribution in [-0.4, -0.2) is 17.5 Å². The summed E-state index contributed by atoms with van der Waals surface area (Å²) in [5.74, 6) is 0.360. The van der Waals surface area contributed by atoms with Gasteiger partial charge in [0.15, 0.2) is 11.7 Å². The normalized spacial score (nSPS) is 10.6. The molecule has 0 fully saturated rings. The molecule has 0 aliphatic rings. The topological polar surface area (TPSA) is 51.2 Å². The van der Waals surface area contributed by atoms with Crippen LogP contribution in [0.5, 0.6) is 5.75 Å². The van der Waals surface area contributed by atoms with Crippen LogP contribution >= 0.6 is 43.2 Å². The van der Waals surface area contributed by atoms with Crippen LogP contribution in [0.15, 0.2) is 50.7 Å². The third-order valence-electron chi connectivity index (χ3n) is 3.81. The lowest BCUT2D eigenvalue weighted by Crippen LogP contribution is -2.20. The summed E-state index contributed by atoms with van der Waals surface area (Å²) in [7, 11) is 0. The van der Waals surface area contributed by atoms with Gasteiger partial charge in [0.25, 0.3) is 5.91 Å². The summed E-state index contributed by atoms with van der Waals surface area (Å²) < 4.78 is 7.26. The zero-order chi connectivity index (χ0) is 18.7. The summed E-state index contributed by atoms with van der Waals surface area (Å²) >= 11 is 8.18. The van der Waals surface area contributed by atoms with E-state index in [0.717, 1.165) is 20.2 Å². The monoisotopic (exact) mass is 494 g/mol. The number of hydrogen-bond acceptors (Lipinski definition) is 4.